The molecule has 0 aromatic heterocycles. The predicted molar refractivity (Wildman–Crippen MR) is 131 cm³/mol. The third-order valence-corrected chi connectivity index (χ3v) is 6.08. The van der Waals surface area contributed by atoms with Gasteiger partial charge < -0.3 is 15.0 Å². The number of carbonyl (C=O) groups is 2. The van der Waals surface area contributed by atoms with E-state index in [0.717, 1.165) is 14.5 Å². The number of nitrogens with zero attached hydrogens (tertiary/aromatic N) is 1. The molecule has 0 aliphatic carbocycles. The summed E-state index contributed by atoms with van der Waals surface area (Å²) in [5.41, 5.74) is 2.11. The summed E-state index contributed by atoms with van der Waals surface area (Å²) in [4.78, 5) is 27.1. The van der Waals surface area contributed by atoms with Crippen LogP contribution in [0.5, 0.6) is 5.75 Å². The number of hydrogen-bond donors (Lipinski definition) is 1. The van der Waals surface area contributed by atoms with Gasteiger partial charge in [0.2, 0.25) is 5.91 Å². The fraction of sp³-hybridized carbons (Fsp3) is 0.417. The number of likely N-dealkylation sites (N-methyl/N-ethyl adjacent to an activating group) is 1. The quantitative estimate of drug-likeness (QED) is 0.473. The van der Waals surface area contributed by atoms with Gasteiger partial charge in [-0.3, -0.25) is 9.59 Å². The average molecular weight is 554 g/mol. The van der Waals surface area contributed by atoms with Crippen molar-refractivity contribution in [1.82, 2.24) is 10.2 Å². The lowest BCUT2D eigenvalue weighted by atomic mass is 9.87. The second-order valence-electron chi connectivity index (χ2n) is 8.40. The molecule has 2 amide bonds. The topological polar surface area (TPSA) is 58.6 Å². The van der Waals surface area contributed by atoms with Crippen LogP contribution in [0.25, 0.3) is 0 Å². The van der Waals surface area contributed by atoms with Gasteiger partial charge in [0.1, 0.15) is 11.8 Å². The minimum absolute atomic E-state index is 0.0143. The van der Waals surface area contributed by atoms with E-state index in [9.17, 15) is 9.59 Å². The normalized spacial score (nSPS) is 12.2. The molecule has 1 unspecified atom stereocenters. The van der Waals surface area contributed by atoms with Crippen LogP contribution in [0, 0.1) is 0 Å². The first-order chi connectivity index (χ1) is 14.5. The zero-order valence-corrected chi connectivity index (χ0v) is 21.8. The smallest absolute Gasteiger partial charge is 0.261 e. The molecule has 1 atom stereocenters. The highest BCUT2D eigenvalue weighted by molar-refractivity contribution is 9.10. The van der Waals surface area contributed by atoms with Crippen molar-refractivity contribution in [1.29, 1.82) is 0 Å². The number of benzene rings is 2. The summed E-state index contributed by atoms with van der Waals surface area (Å²) in [6, 6.07) is 12.9. The molecule has 0 saturated heterocycles. The Labute approximate surface area is 201 Å². The van der Waals surface area contributed by atoms with Crippen LogP contribution in [0.15, 0.2) is 51.4 Å². The van der Waals surface area contributed by atoms with Crippen molar-refractivity contribution < 1.29 is 14.3 Å². The maximum Gasteiger partial charge on any atom is 0.261 e. The molecule has 2 rings (SSSR count). The minimum atomic E-state index is -0.619. The standard InChI is InChI=1S/C24H30Br2N2O3/c1-6-27-23(30)16(2)28(14-17-7-10-19(25)11-8-17)22(29)15-31-21-12-9-18(13-20(21)26)24(3,4)5/h7-13,16H,6,14-15H2,1-5H3,(H,27,30). The molecule has 168 valence electrons. The molecule has 7 heteroatoms. The average Bonchev–Trinajstić information content (AvgIpc) is 2.71. The molecule has 0 fully saturated rings. The van der Waals surface area contributed by atoms with Crippen LogP contribution in [0.1, 0.15) is 45.7 Å². The van der Waals surface area contributed by atoms with Crippen LogP contribution in [-0.4, -0.2) is 35.9 Å². The van der Waals surface area contributed by atoms with Gasteiger partial charge in [-0.25, -0.2) is 0 Å². The van der Waals surface area contributed by atoms with Crippen LogP contribution in [-0.2, 0) is 21.5 Å². The van der Waals surface area contributed by atoms with E-state index in [-0.39, 0.29) is 23.8 Å². The highest BCUT2D eigenvalue weighted by Gasteiger charge is 2.26. The summed E-state index contributed by atoms with van der Waals surface area (Å²) in [7, 11) is 0. The largest absolute Gasteiger partial charge is 0.483 e. The van der Waals surface area contributed by atoms with E-state index in [1.54, 1.807) is 11.8 Å². The fourth-order valence-electron chi connectivity index (χ4n) is 3.00. The molecule has 2 aromatic carbocycles. The van der Waals surface area contributed by atoms with Gasteiger partial charge in [-0.1, -0.05) is 54.9 Å². The van der Waals surface area contributed by atoms with Crippen LogP contribution in [0.4, 0.5) is 0 Å². The van der Waals surface area contributed by atoms with Crippen LogP contribution >= 0.6 is 31.9 Å². The zero-order valence-electron chi connectivity index (χ0n) is 18.7. The Morgan fingerprint density at radius 2 is 1.74 bits per heavy atom. The minimum Gasteiger partial charge on any atom is -0.483 e. The lowest BCUT2D eigenvalue weighted by molar-refractivity contribution is -0.142. The van der Waals surface area contributed by atoms with Gasteiger partial charge in [0.25, 0.3) is 5.91 Å². The molecular weight excluding hydrogens is 524 g/mol. The third kappa shape index (κ3) is 7.35. The highest BCUT2D eigenvalue weighted by Crippen LogP contribution is 2.31. The summed E-state index contributed by atoms with van der Waals surface area (Å²) in [5.74, 6) is 0.146. The van der Waals surface area contributed by atoms with Crippen molar-refractivity contribution in [3.8, 4) is 5.75 Å². The summed E-state index contributed by atoms with van der Waals surface area (Å²) in [5, 5.41) is 2.79. The van der Waals surface area contributed by atoms with Crippen molar-refractivity contribution >= 4 is 43.7 Å². The van der Waals surface area contributed by atoms with Gasteiger partial charge in [-0.05, 0) is 70.6 Å². The van der Waals surface area contributed by atoms with E-state index in [1.807, 2.05) is 49.4 Å². The molecule has 0 spiro atoms. The molecule has 0 saturated carbocycles. The van der Waals surface area contributed by atoms with Crippen molar-refractivity contribution in [2.24, 2.45) is 0 Å². The van der Waals surface area contributed by atoms with E-state index in [4.69, 9.17) is 4.74 Å². The maximum atomic E-state index is 13.1. The number of hydrogen-bond acceptors (Lipinski definition) is 3. The molecule has 0 aliphatic heterocycles. The van der Waals surface area contributed by atoms with Crippen LogP contribution < -0.4 is 10.1 Å². The SMILES string of the molecule is CCNC(=O)C(C)N(Cc1ccc(Br)cc1)C(=O)COc1ccc(C(C)(C)C)cc1Br. The zero-order chi connectivity index (χ0) is 23.2. The first-order valence-corrected chi connectivity index (χ1v) is 11.9. The van der Waals surface area contributed by atoms with Gasteiger partial charge in [0.15, 0.2) is 6.61 Å². The van der Waals surface area contributed by atoms with E-state index in [2.05, 4.69) is 57.9 Å². The summed E-state index contributed by atoms with van der Waals surface area (Å²) in [6.07, 6.45) is 0. The third-order valence-electron chi connectivity index (χ3n) is 4.93. The maximum absolute atomic E-state index is 13.1. The van der Waals surface area contributed by atoms with E-state index < -0.39 is 6.04 Å². The summed E-state index contributed by atoms with van der Waals surface area (Å²) >= 11 is 6.96. The first kappa shape index (κ1) is 25.4. The van der Waals surface area contributed by atoms with Crippen molar-refractivity contribution in [3.63, 3.8) is 0 Å². The molecule has 0 heterocycles. The molecule has 1 N–H and O–H groups in total. The van der Waals surface area contributed by atoms with Crippen molar-refractivity contribution in [2.45, 2.75) is 52.6 Å². The summed E-state index contributed by atoms with van der Waals surface area (Å²) < 4.78 is 7.57. The van der Waals surface area contributed by atoms with Gasteiger partial charge in [0, 0.05) is 17.6 Å². The van der Waals surface area contributed by atoms with E-state index >= 15 is 0 Å². The Bertz CT molecular complexity index is 908. The highest BCUT2D eigenvalue weighted by atomic mass is 79.9. The Kier molecular flexibility index (Phi) is 9.13. The van der Waals surface area contributed by atoms with Crippen LogP contribution in [0.3, 0.4) is 0 Å². The monoisotopic (exact) mass is 552 g/mol. The lowest BCUT2D eigenvalue weighted by Gasteiger charge is -2.28. The molecular formula is C24H30Br2N2O3. The molecule has 0 bridgehead atoms. The fourth-order valence-corrected chi connectivity index (χ4v) is 3.76. The van der Waals surface area contributed by atoms with Crippen molar-refractivity contribution in [2.75, 3.05) is 13.2 Å². The number of carbonyl (C=O) groups excluding carboxylic acids is 2. The number of nitrogens with one attached hydrogen (secondary N) is 1. The molecule has 0 aliphatic rings. The number of amides is 2. The molecule has 0 radical (unpaired) electrons. The molecule has 2 aromatic rings. The summed E-state index contributed by atoms with van der Waals surface area (Å²) in [6.45, 7) is 10.7. The molecule has 5 nitrogen and oxygen atoms in total. The Balaban J connectivity index is 2.16. The lowest BCUT2D eigenvalue weighted by Crippen LogP contribution is -2.49. The number of halogens is 2. The van der Waals surface area contributed by atoms with Crippen LogP contribution in [0.2, 0.25) is 0 Å². The van der Waals surface area contributed by atoms with Crippen molar-refractivity contribution in [3.05, 3.63) is 62.5 Å². The number of rotatable bonds is 8. The second kappa shape index (κ2) is 11.1. The Morgan fingerprint density at radius 1 is 1.10 bits per heavy atom. The van der Waals surface area contributed by atoms with Gasteiger partial charge in [-0.2, -0.15) is 0 Å². The van der Waals surface area contributed by atoms with E-state index in [1.165, 1.54) is 5.56 Å². The Hall–Kier alpha value is -1.86. The molecule has 31 heavy (non-hydrogen) atoms. The number of ether oxygens (including phenoxy) is 1. The second-order valence-corrected chi connectivity index (χ2v) is 10.2. The van der Waals surface area contributed by atoms with Gasteiger partial charge in [-0.15, -0.1) is 0 Å². The predicted octanol–water partition coefficient (Wildman–Crippen LogP) is 5.44. The van der Waals surface area contributed by atoms with E-state index in [0.29, 0.717) is 18.8 Å². The van der Waals surface area contributed by atoms with Gasteiger partial charge in [0.05, 0.1) is 4.47 Å². The first-order valence-electron chi connectivity index (χ1n) is 10.3. The van der Waals surface area contributed by atoms with Gasteiger partial charge >= 0.3 is 0 Å². The Morgan fingerprint density at radius 3 is 2.29 bits per heavy atom.